The van der Waals surface area contributed by atoms with Crippen LogP contribution in [0.25, 0.3) is 0 Å². The van der Waals surface area contributed by atoms with Gasteiger partial charge in [0.05, 0.1) is 12.6 Å². The Kier molecular flexibility index (Phi) is 6.17. The Bertz CT molecular complexity index is 794. The number of para-hydroxylation sites is 1. The zero-order valence-electron chi connectivity index (χ0n) is 17.0. The lowest BCUT2D eigenvalue weighted by atomic mass is 10.0. The largest absolute Gasteiger partial charge is 0.369 e. The lowest BCUT2D eigenvalue weighted by Crippen LogP contribution is -2.49. The van der Waals surface area contributed by atoms with Crippen LogP contribution in [0.4, 0.5) is 5.69 Å². The molecule has 27 heavy (non-hydrogen) atoms. The fourth-order valence-corrected chi connectivity index (χ4v) is 3.67. The first kappa shape index (κ1) is 19.4. The topological polar surface area (TPSA) is 35.6 Å². The molecule has 1 aliphatic heterocycles. The van der Waals surface area contributed by atoms with Gasteiger partial charge in [0.2, 0.25) is 5.91 Å². The van der Waals surface area contributed by atoms with E-state index in [9.17, 15) is 4.79 Å². The predicted octanol–water partition coefficient (Wildman–Crippen LogP) is 3.61. The Labute approximate surface area is 163 Å². The number of hydrogen-bond donors (Lipinski definition) is 1. The van der Waals surface area contributed by atoms with Gasteiger partial charge in [-0.2, -0.15) is 0 Å². The Morgan fingerprint density at radius 3 is 2.33 bits per heavy atom. The van der Waals surface area contributed by atoms with Crippen LogP contribution in [-0.4, -0.2) is 43.5 Å². The van der Waals surface area contributed by atoms with E-state index in [1.54, 1.807) is 0 Å². The van der Waals surface area contributed by atoms with E-state index in [4.69, 9.17) is 0 Å². The summed E-state index contributed by atoms with van der Waals surface area (Å²) in [6, 6.07) is 14.9. The smallest absolute Gasteiger partial charge is 0.234 e. The second-order valence-electron chi connectivity index (χ2n) is 7.68. The van der Waals surface area contributed by atoms with Gasteiger partial charge in [-0.1, -0.05) is 36.4 Å². The predicted molar refractivity (Wildman–Crippen MR) is 112 cm³/mol. The molecule has 1 saturated heterocycles. The molecule has 0 saturated carbocycles. The Hall–Kier alpha value is -2.33. The van der Waals surface area contributed by atoms with Gasteiger partial charge in [-0.3, -0.25) is 9.69 Å². The quantitative estimate of drug-likeness (QED) is 0.879. The number of carbonyl (C=O) groups is 1. The van der Waals surface area contributed by atoms with Crippen molar-refractivity contribution in [1.29, 1.82) is 0 Å². The van der Waals surface area contributed by atoms with Gasteiger partial charge in [0, 0.05) is 31.9 Å². The molecule has 4 nitrogen and oxygen atoms in total. The molecule has 4 heteroatoms. The van der Waals surface area contributed by atoms with Gasteiger partial charge in [-0.15, -0.1) is 0 Å². The number of benzene rings is 2. The number of nitrogens with one attached hydrogen (secondary N) is 1. The van der Waals surface area contributed by atoms with Crippen LogP contribution < -0.4 is 10.2 Å². The summed E-state index contributed by atoms with van der Waals surface area (Å²) in [5.41, 5.74) is 6.33. The highest BCUT2D eigenvalue weighted by atomic mass is 16.2. The Morgan fingerprint density at radius 1 is 0.963 bits per heavy atom. The molecular formula is C23H31N3O. The molecule has 1 N–H and O–H groups in total. The molecule has 0 aliphatic carbocycles. The maximum atomic E-state index is 12.5. The van der Waals surface area contributed by atoms with Crippen molar-refractivity contribution in [2.24, 2.45) is 0 Å². The summed E-state index contributed by atoms with van der Waals surface area (Å²) in [6.45, 7) is 12.7. The van der Waals surface area contributed by atoms with Gasteiger partial charge in [-0.25, -0.2) is 0 Å². The van der Waals surface area contributed by atoms with E-state index < -0.39 is 0 Å². The third-order valence-corrected chi connectivity index (χ3v) is 5.60. The highest BCUT2D eigenvalue weighted by Gasteiger charge is 2.20. The summed E-state index contributed by atoms with van der Waals surface area (Å²) in [5.74, 6) is 0.102. The molecule has 0 radical (unpaired) electrons. The van der Waals surface area contributed by atoms with E-state index in [0.29, 0.717) is 6.54 Å². The van der Waals surface area contributed by atoms with Crippen molar-refractivity contribution >= 4 is 11.6 Å². The fourth-order valence-electron chi connectivity index (χ4n) is 3.67. The van der Waals surface area contributed by atoms with Gasteiger partial charge < -0.3 is 10.2 Å². The first-order valence-electron chi connectivity index (χ1n) is 9.83. The van der Waals surface area contributed by atoms with E-state index in [1.807, 2.05) is 0 Å². The number of aryl methyl sites for hydroxylation is 3. The summed E-state index contributed by atoms with van der Waals surface area (Å²) >= 11 is 0. The van der Waals surface area contributed by atoms with Gasteiger partial charge in [-0.05, 0) is 56.0 Å². The minimum atomic E-state index is 0.0325. The number of hydrogen-bond acceptors (Lipinski definition) is 3. The van der Waals surface area contributed by atoms with Crippen molar-refractivity contribution < 1.29 is 4.79 Å². The third-order valence-electron chi connectivity index (χ3n) is 5.60. The Morgan fingerprint density at radius 2 is 1.67 bits per heavy atom. The van der Waals surface area contributed by atoms with Crippen LogP contribution in [0.2, 0.25) is 0 Å². The van der Waals surface area contributed by atoms with Crippen molar-refractivity contribution in [2.75, 3.05) is 37.6 Å². The summed E-state index contributed by atoms with van der Waals surface area (Å²) in [6.07, 6.45) is 0. The summed E-state index contributed by atoms with van der Waals surface area (Å²) in [4.78, 5) is 17.2. The minimum Gasteiger partial charge on any atom is -0.369 e. The fraction of sp³-hybridized carbons (Fsp3) is 0.435. The molecule has 2 aromatic rings. The maximum Gasteiger partial charge on any atom is 0.234 e. The molecule has 1 atom stereocenters. The van der Waals surface area contributed by atoms with E-state index in [1.165, 1.54) is 22.4 Å². The highest BCUT2D eigenvalue weighted by Crippen LogP contribution is 2.21. The summed E-state index contributed by atoms with van der Waals surface area (Å²) in [7, 11) is 0. The van der Waals surface area contributed by atoms with Crippen LogP contribution in [0.15, 0.2) is 42.5 Å². The number of anilines is 1. The molecule has 0 spiro atoms. The summed E-state index contributed by atoms with van der Waals surface area (Å²) in [5, 5.41) is 3.15. The number of piperazine rings is 1. The molecule has 0 aromatic heterocycles. The Balaban J connectivity index is 1.49. The molecular weight excluding hydrogens is 334 g/mol. The van der Waals surface area contributed by atoms with Crippen LogP contribution >= 0.6 is 0 Å². The lowest BCUT2D eigenvalue weighted by Gasteiger charge is -2.36. The van der Waals surface area contributed by atoms with Gasteiger partial charge in [0.15, 0.2) is 0 Å². The molecule has 3 rings (SSSR count). The average molecular weight is 366 g/mol. The lowest BCUT2D eigenvalue weighted by molar-refractivity contribution is -0.123. The SMILES string of the molecule is Cc1ccc([C@@H](C)NC(=O)CN2CCN(c3ccccc3C)CC2)cc1C. The van der Waals surface area contributed by atoms with E-state index in [-0.39, 0.29) is 11.9 Å². The van der Waals surface area contributed by atoms with Gasteiger partial charge >= 0.3 is 0 Å². The summed E-state index contributed by atoms with van der Waals surface area (Å²) < 4.78 is 0. The molecule has 1 fully saturated rings. The van der Waals surface area contributed by atoms with Crippen LogP contribution in [0, 0.1) is 20.8 Å². The molecule has 144 valence electrons. The van der Waals surface area contributed by atoms with Gasteiger partial charge in [0.1, 0.15) is 0 Å². The first-order chi connectivity index (χ1) is 12.9. The van der Waals surface area contributed by atoms with Crippen molar-refractivity contribution in [3.63, 3.8) is 0 Å². The maximum absolute atomic E-state index is 12.5. The molecule has 0 unspecified atom stereocenters. The van der Waals surface area contributed by atoms with Crippen molar-refractivity contribution in [1.82, 2.24) is 10.2 Å². The number of nitrogens with zero attached hydrogens (tertiary/aromatic N) is 2. The molecule has 2 aromatic carbocycles. The van der Waals surface area contributed by atoms with Crippen molar-refractivity contribution in [3.05, 3.63) is 64.7 Å². The molecule has 0 bridgehead atoms. The van der Waals surface area contributed by atoms with E-state index in [2.05, 4.69) is 85.3 Å². The molecule has 1 amide bonds. The van der Waals surface area contributed by atoms with Crippen LogP contribution in [0.3, 0.4) is 0 Å². The first-order valence-corrected chi connectivity index (χ1v) is 9.83. The second kappa shape index (κ2) is 8.57. The van der Waals surface area contributed by atoms with Gasteiger partial charge in [0.25, 0.3) is 0 Å². The number of rotatable bonds is 5. The standard InChI is InChI=1S/C23H31N3O/c1-17-9-10-21(15-19(17)3)20(4)24-23(27)16-25-11-13-26(14-12-25)22-8-6-5-7-18(22)2/h5-10,15,20H,11-14,16H2,1-4H3,(H,24,27)/t20-/m1/s1. The second-order valence-corrected chi connectivity index (χ2v) is 7.68. The third kappa shape index (κ3) is 4.89. The zero-order chi connectivity index (χ0) is 19.4. The normalized spacial score (nSPS) is 16.2. The van der Waals surface area contributed by atoms with Crippen molar-refractivity contribution in [2.45, 2.75) is 33.7 Å². The average Bonchev–Trinajstić information content (AvgIpc) is 2.65. The van der Waals surface area contributed by atoms with Crippen molar-refractivity contribution in [3.8, 4) is 0 Å². The van der Waals surface area contributed by atoms with Crippen LogP contribution in [0.1, 0.15) is 35.2 Å². The molecule has 1 aliphatic rings. The molecule has 1 heterocycles. The zero-order valence-corrected chi connectivity index (χ0v) is 17.0. The monoisotopic (exact) mass is 365 g/mol. The van der Waals surface area contributed by atoms with Crippen LogP contribution in [0.5, 0.6) is 0 Å². The van der Waals surface area contributed by atoms with E-state index >= 15 is 0 Å². The number of amides is 1. The van der Waals surface area contributed by atoms with E-state index in [0.717, 1.165) is 31.7 Å². The highest BCUT2D eigenvalue weighted by molar-refractivity contribution is 5.78. The number of carbonyl (C=O) groups excluding carboxylic acids is 1. The van der Waals surface area contributed by atoms with Crippen LogP contribution in [-0.2, 0) is 4.79 Å². The minimum absolute atomic E-state index is 0.0325.